The number of aromatic amines is 1. The van der Waals surface area contributed by atoms with Crippen molar-refractivity contribution in [1.82, 2.24) is 4.98 Å². The summed E-state index contributed by atoms with van der Waals surface area (Å²) in [5, 5.41) is 11.3. The molecule has 0 aliphatic carbocycles. The predicted molar refractivity (Wildman–Crippen MR) is 92.0 cm³/mol. The standard InChI is InChI=1S/C18H24N2O2/c1-3-5-8-13(4-2)11-19-12-16-14-9-6-7-10-15(14)17(21)20-18(16)22/h6-7,9-10,12-13H,3-5,8,11H2,1-2H3,(H2,20,21,22). The molecule has 0 aliphatic heterocycles. The monoisotopic (exact) mass is 300 g/mol. The van der Waals surface area contributed by atoms with Gasteiger partial charge in [0.25, 0.3) is 5.56 Å². The molecule has 118 valence electrons. The molecule has 22 heavy (non-hydrogen) atoms. The number of benzene rings is 1. The number of hydrogen-bond acceptors (Lipinski definition) is 3. The van der Waals surface area contributed by atoms with Crippen molar-refractivity contribution in [1.29, 1.82) is 0 Å². The fourth-order valence-electron chi connectivity index (χ4n) is 2.63. The largest absolute Gasteiger partial charge is 0.494 e. The van der Waals surface area contributed by atoms with Crippen LogP contribution >= 0.6 is 0 Å². The third-order valence-electron chi connectivity index (χ3n) is 4.08. The Hall–Kier alpha value is -2.10. The maximum atomic E-state index is 11.8. The smallest absolute Gasteiger partial charge is 0.258 e. The predicted octanol–water partition coefficient (Wildman–Crippen LogP) is 3.87. The first-order valence-electron chi connectivity index (χ1n) is 8.01. The average Bonchev–Trinajstić information content (AvgIpc) is 2.53. The molecule has 1 aromatic heterocycles. The Morgan fingerprint density at radius 3 is 2.68 bits per heavy atom. The zero-order valence-corrected chi connectivity index (χ0v) is 13.3. The van der Waals surface area contributed by atoms with E-state index in [1.165, 1.54) is 19.3 Å². The summed E-state index contributed by atoms with van der Waals surface area (Å²) in [5.74, 6) is 0.460. The Labute approximate surface area is 130 Å². The minimum Gasteiger partial charge on any atom is -0.494 e. The van der Waals surface area contributed by atoms with Gasteiger partial charge >= 0.3 is 0 Å². The summed E-state index contributed by atoms with van der Waals surface area (Å²) in [5.41, 5.74) is 0.306. The van der Waals surface area contributed by atoms with Crippen molar-refractivity contribution in [3.63, 3.8) is 0 Å². The topological polar surface area (TPSA) is 65.5 Å². The molecular weight excluding hydrogens is 276 g/mol. The molecule has 2 aromatic rings. The van der Waals surface area contributed by atoms with Crippen LogP contribution in [0.5, 0.6) is 5.88 Å². The summed E-state index contributed by atoms with van der Waals surface area (Å²) < 4.78 is 0. The summed E-state index contributed by atoms with van der Waals surface area (Å²) in [6.07, 6.45) is 6.40. The van der Waals surface area contributed by atoms with E-state index >= 15 is 0 Å². The Balaban J connectivity index is 2.24. The zero-order valence-electron chi connectivity index (χ0n) is 13.3. The summed E-state index contributed by atoms with van der Waals surface area (Å²) in [6.45, 7) is 5.13. The van der Waals surface area contributed by atoms with Crippen molar-refractivity contribution in [2.45, 2.75) is 39.5 Å². The second kappa shape index (κ2) is 7.78. The third-order valence-corrected chi connectivity index (χ3v) is 4.08. The van der Waals surface area contributed by atoms with Crippen LogP contribution in [0.15, 0.2) is 34.1 Å². The van der Waals surface area contributed by atoms with Gasteiger partial charge in [-0.05, 0) is 18.4 Å². The van der Waals surface area contributed by atoms with Crippen LogP contribution in [0.4, 0.5) is 0 Å². The van der Waals surface area contributed by atoms with Gasteiger partial charge in [-0.3, -0.25) is 14.8 Å². The van der Waals surface area contributed by atoms with E-state index < -0.39 is 0 Å². The van der Waals surface area contributed by atoms with E-state index in [2.05, 4.69) is 23.8 Å². The number of aliphatic imine (C=N–C) groups is 1. The lowest BCUT2D eigenvalue weighted by atomic mass is 10.00. The van der Waals surface area contributed by atoms with Crippen LogP contribution < -0.4 is 5.56 Å². The summed E-state index contributed by atoms with van der Waals surface area (Å²) in [6, 6.07) is 7.25. The van der Waals surface area contributed by atoms with Crippen molar-refractivity contribution >= 4 is 17.0 Å². The molecule has 0 saturated carbocycles. The van der Waals surface area contributed by atoms with Crippen LogP contribution in [0.1, 0.15) is 45.1 Å². The van der Waals surface area contributed by atoms with Gasteiger partial charge in [-0.2, -0.15) is 0 Å². The molecule has 4 nitrogen and oxygen atoms in total. The number of aromatic nitrogens is 1. The van der Waals surface area contributed by atoms with E-state index in [1.807, 2.05) is 18.2 Å². The van der Waals surface area contributed by atoms with Gasteiger partial charge in [0.05, 0.1) is 5.56 Å². The van der Waals surface area contributed by atoms with Gasteiger partial charge in [0.2, 0.25) is 5.88 Å². The lowest BCUT2D eigenvalue weighted by Gasteiger charge is -2.11. The van der Waals surface area contributed by atoms with Crippen molar-refractivity contribution in [2.75, 3.05) is 6.54 Å². The van der Waals surface area contributed by atoms with Crippen molar-refractivity contribution in [3.05, 3.63) is 40.2 Å². The first kappa shape index (κ1) is 16.3. The highest BCUT2D eigenvalue weighted by molar-refractivity contribution is 6.01. The second-order valence-electron chi connectivity index (χ2n) is 5.67. The summed E-state index contributed by atoms with van der Waals surface area (Å²) in [4.78, 5) is 18.8. The quantitative estimate of drug-likeness (QED) is 0.762. The maximum Gasteiger partial charge on any atom is 0.258 e. The molecule has 2 rings (SSSR count). The summed E-state index contributed by atoms with van der Waals surface area (Å²) in [7, 11) is 0. The number of hydrogen-bond donors (Lipinski definition) is 2. The molecule has 0 amide bonds. The molecule has 0 spiro atoms. The number of rotatable bonds is 7. The first-order chi connectivity index (χ1) is 10.7. The van der Waals surface area contributed by atoms with Crippen molar-refractivity contribution in [2.24, 2.45) is 10.9 Å². The lowest BCUT2D eigenvalue weighted by molar-refractivity contribution is 0.451. The first-order valence-corrected chi connectivity index (χ1v) is 8.01. The van der Waals surface area contributed by atoms with Crippen LogP contribution in [0.3, 0.4) is 0 Å². The molecule has 1 unspecified atom stereocenters. The van der Waals surface area contributed by atoms with Gasteiger partial charge in [-0.25, -0.2) is 0 Å². The zero-order chi connectivity index (χ0) is 15.9. The molecule has 2 N–H and O–H groups in total. The Morgan fingerprint density at radius 2 is 2.00 bits per heavy atom. The SMILES string of the molecule is CCCCC(CC)CN=Cc1c(O)[nH]c(=O)c2ccccc12. The number of nitrogens with zero attached hydrogens (tertiary/aromatic N) is 1. The molecule has 1 atom stereocenters. The normalized spacial score (nSPS) is 13.0. The summed E-state index contributed by atoms with van der Waals surface area (Å²) >= 11 is 0. The molecule has 0 saturated heterocycles. The molecule has 0 radical (unpaired) electrons. The van der Waals surface area contributed by atoms with Crippen LogP contribution in [-0.4, -0.2) is 22.8 Å². The number of H-pyrrole nitrogens is 1. The van der Waals surface area contributed by atoms with E-state index in [4.69, 9.17) is 0 Å². The van der Waals surface area contributed by atoms with Gasteiger partial charge in [-0.15, -0.1) is 0 Å². The van der Waals surface area contributed by atoms with Crippen molar-refractivity contribution in [3.8, 4) is 5.88 Å². The molecular formula is C18H24N2O2. The highest BCUT2D eigenvalue weighted by atomic mass is 16.3. The average molecular weight is 300 g/mol. The van der Waals surface area contributed by atoms with Crippen LogP contribution in [0.2, 0.25) is 0 Å². The number of unbranched alkanes of at least 4 members (excludes halogenated alkanes) is 1. The Kier molecular flexibility index (Phi) is 5.75. The fourth-order valence-corrected chi connectivity index (χ4v) is 2.63. The molecule has 0 fully saturated rings. The molecule has 0 aliphatic rings. The highest BCUT2D eigenvalue weighted by Gasteiger charge is 2.09. The number of nitrogens with one attached hydrogen (secondary N) is 1. The molecule has 1 aromatic carbocycles. The van der Waals surface area contributed by atoms with Crippen LogP contribution in [-0.2, 0) is 0 Å². The van der Waals surface area contributed by atoms with Gasteiger partial charge in [0, 0.05) is 23.5 Å². The molecule has 4 heteroatoms. The Morgan fingerprint density at radius 1 is 1.27 bits per heavy atom. The lowest BCUT2D eigenvalue weighted by Crippen LogP contribution is -2.08. The second-order valence-corrected chi connectivity index (χ2v) is 5.67. The minimum absolute atomic E-state index is 0.117. The van der Waals surface area contributed by atoms with Gasteiger partial charge in [0.1, 0.15) is 0 Å². The van der Waals surface area contributed by atoms with E-state index in [0.717, 1.165) is 18.4 Å². The number of pyridine rings is 1. The fraction of sp³-hybridized carbons (Fsp3) is 0.444. The van der Waals surface area contributed by atoms with E-state index in [0.29, 0.717) is 16.9 Å². The van der Waals surface area contributed by atoms with Gasteiger partial charge in [0.15, 0.2) is 0 Å². The van der Waals surface area contributed by atoms with Crippen LogP contribution in [0.25, 0.3) is 10.8 Å². The van der Waals surface area contributed by atoms with Gasteiger partial charge < -0.3 is 5.11 Å². The molecule has 1 heterocycles. The number of fused-ring (bicyclic) bond motifs is 1. The van der Waals surface area contributed by atoms with Crippen LogP contribution in [0, 0.1) is 5.92 Å². The minimum atomic E-state index is -0.278. The van der Waals surface area contributed by atoms with Gasteiger partial charge in [-0.1, -0.05) is 51.3 Å². The van der Waals surface area contributed by atoms with Crippen molar-refractivity contribution < 1.29 is 5.11 Å². The Bertz CT molecular complexity index is 704. The third kappa shape index (κ3) is 3.75. The van der Waals surface area contributed by atoms with E-state index in [1.54, 1.807) is 12.3 Å². The van der Waals surface area contributed by atoms with E-state index in [9.17, 15) is 9.90 Å². The highest BCUT2D eigenvalue weighted by Crippen LogP contribution is 2.20. The molecule has 0 bridgehead atoms. The number of aromatic hydroxyl groups is 1. The maximum absolute atomic E-state index is 11.8. The van der Waals surface area contributed by atoms with E-state index in [-0.39, 0.29) is 11.4 Å².